The highest BCUT2D eigenvalue weighted by Crippen LogP contribution is 2.11. The number of aliphatic carboxylic acids is 1. The van der Waals surface area contributed by atoms with Gasteiger partial charge in [-0.1, -0.05) is 40.5 Å². The minimum atomic E-state index is -1.63. The summed E-state index contributed by atoms with van der Waals surface area (Å²) in [6.07, 6.45) is -0.893. The first-order valence-electron chi connectivity index (χ1n) is 10.6. The van der Waals surface area contributed by atoms with Gasteiger partial charge in [-0.25, -0.2) is 4.79 Å². The molecular formula is C20H37N5O7. The summed E-state index contributed by atoms with van der Waals surface area (Å²) in [5, 5.41) is 26.2. The molecule has 0 aromatic rings. The lowest BCUT2D eigenvalue weighted by molar-refractivity contribution is -0.144. The number of aliphatic hydroxyl groups is 1. The van der Waals surface area contributed by atoms with Crippen LogP contribution in [0.4, 0.5) is 0 Å². The Hall–Kier alpha value is -2.73. The Morgan fingerprint density at radius 3 is 1.69 bits per heavy atom. The molecule has 0 radical (unpaired) electrons. The molecule has 0 aliphatic rings. The lowest BCUT2D eigenvalue weighted by atomic mass is 9.95. The average molecular weight is 460 g/mol. The molecule has 0 aromatic heterocycles. The minimum absolute atomic E-state index is 0.121. The molecule has 9 N–H and O–H groups in total. The molecule has 0 rings (SSSR count). The monoisotopic (exact) mass is 459 g/mol. The molecule has 32 heavy (non-hydrogen) atoms. The largest absolute Gasteiger partial charge is 0.480 e. The normalized spacial score (nSPS) is 17.6. The Balaban J connectivity index is 5.53. The molecule has 0 saturated heterocycles. The average Bonchev–Trinajstić information content (AvgIpc) is 2.72. The maximum absolute atomic E-state index is 12.9. The zero-order valence-corrected chi connectivity index (χ0v) is 19.3. The molecule has 12 nitrogen and oxygen atoms in total. The van der Waals surface area contributed by atoms with E-state index in [0.717, 1.165) is 0 Å². The minimum Gasteiger partial charge on any atom is -0.480 e. The van der Waals surface area contributed by atoms with Crippen molar-refractivity contribution in [2.45, 2.75) is 84.2 Å². The molecule has 184 valence electrons. The second-order valence-corrected chi connectivity index (χ2v) is 8.08. The van der Waals surface area contributed by atoms with Crippen LogP contribution in [0.1, 0.15) is 53.9 Å². The van der Waals surface area contributed by atoms with Gasteiger partial charge in [0, 0.05) is 0 Å². The first kappa shape index (κ1) is 29.3. The van der Waals surface area contributed by atoms with Crippen LogP contribution in [0.25, 0.3) is 0 Å². The van der Waals surface area contributed by atoms with Gasteiger partial charge in [0.1, 0.15) is 18.1 Å². The molecule has 0 heterocycles. The summed E-state index contributed by atoms with van der Waals surface area (Å²) in [4.78, 5) is 60.2. The van der Waals surface area contributed by atoms with Gasteiger partial charge in [0.25, 0.3) is 0 Å². The summed E-state index contributed by atoms with van der Waals surface area (Å²) in [7, 11) is 0. The molecular weight excluding hydrogens is 422 g/mol. The van der Waals surface area contributed by atoms with Crippen LogP contribution in [0.2, 0.25) is 0 Å². The van der Waals surface area contributed by atoms with E-state index in [2.05, 4.69) is 16.0 Å². The lowest BCUT2D eigenvalue weighted by Crippen LogP contribution is -2.61. The SMILES string of the molecule is CCC(C)C(N)C(=O)NC(C(=O)NC(C(=O)NC(CC(N)=O)C(=O)O)C(C)O)C(C)CC. The van der Waals surface area contributed by atoms with E-state index in [1.54, 1.807) is 13.8 Å². The fraction of sp³-hybridized carbons (Fsp3) is 0.750. The number of carboxylic acid groups (broad SMARTS) is 1. The Morgan fingerprint density at radius 1 is 0.812 bits per heavy atom. The van der Waals surface area contributed by atoms with Crippen molar-refractivity contribution >= 4 is 29.6 Å². The van der Waals surface area contributed by atoms with Crippen molar-refractivity contribution < 1.29 is 34.2 Å². The third kappa shape index (κ3) is 9.18. The van der Waals surface area contributed by atoms with Crippen molar-refractivity contribution in [3.8, 4) is 0 Å². The van der Waals surface area contributed by atoms with Gasteiger partial charge in [0.15, 0.2) is 0 Å². The van der Waals surface area contributed by atoms with Crippen LogP contribution in [0.3, 0.4) is 0 Å². The number of hydrogen-bond donors (Lipinski definition) is 7. The first-order valence-corrected chi connectivity index (χ1v) is 10.6. The van der Waals surface area contributed by atoms with Gasteiger partial charge in [-0.15, -0.1) is 0 Å². The van der Waals surface area contributed by atoms with Gasteiger partial charge in [0.05, 0.1) is 18.6 Å². The van der Waals surface area contributed by atoms with E-state index < -0.39 is 66.3 Å². The van der Waals surface area contributed by atoms with E-state index in [9.17, 15) is 29.1 Å². The molecule has 4 amide bonds. The molecule has 0 spiro atoms. The summed E-state index contributed by atoms with van der Waals surface area (Å²) in [6.45, 7) is 8.45. The summed E-state index contributed by atoms with van der Waals surface area (Å²) < 4.78 is 0. The van der Waals surface area contributed by atoms with E-state index in [-0.39, 0.29) is 11.8 Å². The van der Waals surface area contributed by atoms with E-state index in [0.29, 0.717) is 12.8 Å². The zero-order valence-electron chi connectivity index (χ0n) is 19.3. The third-order valence-corrected chi connectivity index (χ3v) is 5.44. The number of aliphatic hydroxyl groups excluding tert-OH is 1. The molecule has 0 bridgehead atoms. The number of nitrogens with one attached hydrogen (secondary N) is 3. The molecule has 0 aliphatic heterocycles. The van der Waals surface area contributed by atoms with Gasteiger partial charge in [0.2, 0.25) is 23.6 Å². The molecule has 0 saturated carbocycles. The summed E-state index contributed by atoms with van der Waals surface area (Å²) in [5.74, 6) is -5.19. The third-order valence-electron chi connectivity index (χ3n) is 5.44. The first-order chi connectivity index (χ1) is 14.8. The summed E-state index contributed by atoms with van der Waals surface area (Å²) in [5.41, 5.74) is 10.9. The van der Waals surface area contributed by atoms with Gasteiger partial charge in [-0.3, -0.25) is 19.2 Å². The predicted octanol–water partition coefficient (Wildman–Crippen LogP) is -1.80. The number of carboxylic acids is 1. The maximum Gasteiger partial charge on any atom is 0.326 e. The fourth-order valence-electron chi connectivity index (χ4n) is 2.77. The van der Waals surface area contributed by atoms with Crippen LogP contribution < -0.4 is 27.4 Å². The Morgan fingerprint density at radius 2 is 1.28 bits per heavy atom. The van der Waals surface area contributed by atoms with Crippen molar-refractivity contribution in [3.63, 3.8) is 0 Å². The van der Waals surface area contributed by atoms with Crippen LogP contribution in [0.5, 0.6) is 0 Å². The summed E-state index contributed by atoms with van der Waals surface area (Å²) in [6, 6.07) is -5.04. The van der Waals surface area contributed by atoms with Gasteiger partial charge in [-0.05, 0) is 18.8 Å². The number of carbonyl (C=O) groups is 5. The molecule has 0 aromatic carbocycles. The molecule has 7 atom stereocenters. The highest BCUT2D eigenvalue weighted by Gasteiger charge is 2.35. The van der Waals surface area contributed by atoms with Crippen molar-refractivity contribution in [1.29, 1.82) is 0 Å². The quantitative estimate of drug-likeness (QED) is 0.157. The number of primary amides is 1. The Bertz CT molecular complexity index is 685. The van der Waals surface area contributed by atoms with Crippen molar-refractivity contribution in [2.24, 2.45) is 23.3 Å². The van der Waals surface area contributed by atoms with Gasteiger partial charge >= 0.3 is 5.97 Å². The van der Waals surface area contributed by atoms with Crippen LogP contribution in [0.15, 0.2) is 0 Å². The highest BCUT2D eigenvalue weighted by atomic mass is 16.4. The Kier molecular flexibility index (Phi) is 12.5. The zero-order chi connectivity index (χ0) is 25.2. The number of rotatable bonds is 14. The van der Waals surface area contributed by atoms with Crippen LogP contribution >= 0.6 is 0 Å². The second kappa shape index (κ2) is 13.6. The molecule has 0 aliphatic carbocycles. The fourth-order valence-corrected chi connectivity index (χ4v) is 2.77. The van der Waals surface area contributed by atoms with E-state index >= 15 is 0 Å². The highest BCUT2D eigenvalue weighted by molar-refractivity contribution is 5.95. The van der Waals surface area contributed by atoms with Crippen LogP contribution in [0, 0.1) is 11.8 Å². The Labute approximate surface area is 187 Å². The van der Waals surface area contributed by atoms with E-state index in [1.807, 2.05) is 13.8 Å². The molecule has 12 heteroatoms. The predicted molar refractivity (Wildman–Crippen MR) is 116 cm³/mol. The number of carbonyl (C=O) groups excluding carboxylic acids is 4. The number of nitrogens with two attached hydrogens (primary N) is 2. The number of amides is 4. The van der Waals surface area contributed by atoms with E-state index in [4.69, 9.17) is 16.6 Å². The number of hydrogen-bond acceptors (Lipinski definition) is 7. The van der Waals surface area contributed by atoms with Crippen molar-refractivity contribution in [2.75, 3.05) is 0 Å². The van der Waals surface area contributed by atoms with Gasteiger partial charge < -0.3 is 37.6 Å². The molecule has 0 fully saturated rings. The smallest absolute Gasteiger partial charge is 0.326 e. The summed E-state index contributed by atoms with van der Waals surface area (Å²) >= 11 is 0. The topological polar surface area (TPSA) is 214 Å². The van der Waals surface area contributed by atoms with Crippen molar-refractivity contribution in [1.82, 2.24) is 16.0 Å². The standard InChI is InChI=1S/C20H37N5O7/c1-6-9(3)14(22)17(28)24-15(10(4)7-2)18(29)25-16(11(5)26)19(30)23-12(20(31)32)8-13(21)27/h9-12,14-16,26H,6-8,22H2,1-5H3,(H2,21,27)(H,23,30)(H,24,28)(H,25,29)(H,31,32). The van der Waals surface area contributed by atoms with E-state index in [1.165, 1.54) is 6.92 Å². The van der Waals surface area contributed by atoms with Crippen molar-refractivity contribution in [3.05, 3.63) is 0 Å². The molecule has 7 unspecified atom stereocenters. The van der Waals surface area contributed by atoms with Crippen LogP contribution in [-0.4, -0.2) is 70.1 Å². The van der Waals surface area contributed by atoms with Crippen LogP contribution in [-0.2, 0) is 24.0 Å². The van der Waals surface area contributed by atoms with Gasteiger partial charge in [-0.2, -0.15) is 0 Å². The second-order valence-electron chi connectivity index (χ2n) is 8.08. The lowest BCUT2D eigenvalue weighted by Gasteiger charge is -2.29. The maximum atomic E-state index is 12.9.